The Balaban J connectivity index is 2.77. The number of carbonyl (C=O) groups is 1. The van der Waals surface area contributed by atoms with E-state index in [1.54, 1.807) is 0 Å². The normalized spacial score (nSPS) is 12.5. The molecule has 0 aliphatic rings. The van der Waals surface area contributed by atoms with E-state index < -0.39 is 35.1 Å². The van der Waals surface area contributed by atoms with Crippen molar-refractivity contribution in [3.63, 3.8) is 0 Å². The Hall–Kier alpha value is -1.13. The minimum atomic E-state index is -4.36. The van der Waals surface area contributed by atoms with E-state index in [1.165, 1.54) is 12.3 Å². The molecule has 0 unspecified atom stereocenters. The second-order valence-corrected chi connectivity index (χ2v) is 6.36. The molecule has 0 radical (unpaired) electrons. The van der Waals surface area contributed by atoms with Crippen LogP contribution in [0.2, 0.25) is 0 Å². The molecule has 5 nitrogen and oxygen atoms in total. The second kappa shape index (κ2) is 5.47. The van der Waals surface area contributed by atoms with E-state index in [-0.39, 0.29) is 15.3 Å². The van der Waals surface area contributed by atoms with Crippen molar-refractivity contribution in [2.75, 3.05) is 6.54 Å². The molecule has 0 fully saturated rings. The summed E-state index contributed by atoms with van der Waals surface area (Å²) in [6, 6.07) is 0. The second-order valence-electron chi connectivity index (χ2n) is 3.73. The smallest absolute Gasteiger partial charge is 0.352 e. The third kappa shape index (κ3) is 4.48. The first kappa shape index (κ1) is 15.9. The standard InChI is InChI=1S/C9H11F3N2O3S2/c1-5-6(4-18-8(5)19(13,16)17)7(15)14-3-2-9(10,11)12/h4H,2-3H2,1H3,(H,14,15)(H2,13,16,17). The van der Waals surface area contributed by atoms with E-state index >= 15 is 0 Å². The number of nitrogens with one attached hydrogen (secondary N) is 1. The fourth-order valence-corrected chi connectivity index (χ4v) is 3.33. The molecule has 19 heavy (non-hydrogen) atoms. The van der Waals surface area contributed by atoms with Crippen molar-refractivity contribution >= 4 is 27.3 Å². The molecule has 1 rings (SSSR count). The Morgan fingerprint density at radius 2 is 2.05 bits per heavy atom. The third-order valence-electron chi connectivity index (χ3n) is 2.19. The van der Waals surface area contributed by atoms with Gasteiger partial charge in [-0.15, -0.1) is 11.3 Å². The van der Waals surface area contributed by atoms with Crippen LogP contribution in [0.3, 0.4) is 0 Å². The molecule has 3 N–H and O–H groups in total. The van der Waals surface area contributed by atoms with Crippen LogP contribution in [0.25, 0.3) is 0 Å². The summed E-state index contributed by atoms with van der Waals surface area (Å²) in [5.41, 5.74) is 0.146. The lowest BCUT2D eigenvalue weighted by Crippen LogP contribution is -2.28. The van der Waals surface area contributed by atoms with Crippen molar-refractivity contribution < 1.29 is 26.4 Å². The number of carbonyl (C=O) groups excluding carboxylic acids is 1. The minimum Gasteiger partial charge on any atom is -0.352 e. The van der Waals surface area contributed by atoms with E-state index in [1.807, 2.05) is 0 Å². The lowest BCUT2D eigenvalue weighted by Gasteiger charge is -2.07. The van der Waals surface area contributed by atoms with Crippen LogP contribution in [0.1, 0.15) is 22.3 Å². The summed E-state index contributed by atoms with van der Waals surface area (Å²) in [4.78, 5) is 11.6. The van der Waals surface area contributed by atoms with Gasteiger partial charge in [0.05, 0.1) is 12.0 Å². The predicted molar refractivity (Wildman–Crippen MR) is 63.4 cm³/mol. The highest BCUT2D eigenvalue weighted by molar-refractivity contribution is 7.91. The summed E-state index contributed by atoms with van der Waals surface area (Å²) < 4.78 is 57.8. The van der Waals surface area contributed by atoms with Crippen LogP contribution in [0.4, 0.5) is 13.2 Å². The largest absolute Gasteiger partial charge is 0.390 e. The lowest BCUT2D eigenvalue weighted by molar-refractivity contribution is -0.132. The van der Waals surface area contributed by atoms with Crippen LogP contribution in [-0.2, 0) is 10.0 Å². The third-order valence-corrected chi connectivity index (χ3v) is 4.87. The van der Waals surface area contributed by atoms with Crippen LogP contribution in [0.15, 0.2) is 9.59 Å². The Kier molecular flexibility index (Phi) is 4.59. The number of primary sulfonamides is 1. The molecule has 1 aromatic heterocycles. The number of hydrogen-bond acceptors (Lipinski definition) is 4. The number of alkyl halides is 3. The van der Waals surface area contributed by atoms with Crippen LogP contribution in [-0.4, -0.2) is 27.0 Å². The first-order valence-corrected chi connectivity index (χ1v) is 7.41. The first-order valence-electron chi connectivity index (χ1n) is 4.98. The minimum absolute atomic E-state index is 0.0104. The molecule has 0 atom stereocenters. The van der Waals surface area contributed by atoms with E-state index in [2.05, 4.69) is 5.32 Å². The van der Waals surface area contributed by atoms with Crippen molar-refractivity contribution in [1.82, 2.24) is 5.32 Å². The first-order chi connectivity index (χ1) is 8.52. The molecule has 108 valence electrons. The van der Waals surface area contributed by atoms with Crippen LogP contribution < -0.4 is 10.5 Å². The zero-order valence-corrected chi connectivity index (χ0v) is 11.4. The number of sulfonamides is 1. The van der Waals surface area contributed by atoms with Gasteiger partial charge >= 0.3 is 6.18 Å². The number of nitrogens with two attached hydrogens (primary N) is 1. The van der Waals surface area contributed by atoms with E-state index in [4.69, 9.17) is 5.14 Å². The molecule has 0 saturated carbocycles. The average Bonchev–Trinajstić information content (AvgIpc) is 2.57. The topological polar surface area (TPSA) is 89.3 Å². The summed E-state index contributed by atoms with van der Waals surface area (Å²) >= 11 is 0.754. The molecule has 0 saturated heterocycles. The van der Waals surface area contributed by atoms with Crippen molar-refractivity contribution in [2.24, 2.45) is 5.14 Å². The van der Waals surface area contributed by atoms with Gasteiger partial charge in [-0.2, -0.15) is 13.2 Å². The molecule has 0 spiro atoms. The molecule has 0 aromatic carbocycles. The summed E-state index contributed by atoms with van der Waals surface area (Å²) in [5.74, 6) is -0.757. The molecule has 1 aromatic rings. The summed E-state index contributed by atoms with van der Waals surface area (Å²) in [5, 5.41) is 8.25. The van der Waals surface area contributed by atoms with Gasteiger partial charge < -0.3 is 5.32 Å². The Morgan fingerprint density at radius 1 is 1.47 bits per heavy atom. The van der Waals surface area contributed by atoms with Gasteiger partial charge in [-0.1, -0.05) is 0 Å². The number of amides is 1. The summed E-state index contributed by atoms with van der Waals surface area (Å²) in [6.45, 7) is 0.803. The molecular weight excluding hydrogens is 305 g/mol. The van der Waals surface area contributed by atoms with Crippen molar-refractivity contribution in [2.45, 2.75) is 23.7 Å². The van der Waals surface area contributed by atoms with Crippen molar-refractivity contribution in [3.8, 4) is 0 Å². The molecule has 1 heterocycles. The Bertz CT molecular complexity index is 578. The summed E-state index contributed by atoms with van der Waals surface area (Å²) in [6.07, 6.45) is -5.51. The molecule has 0 aliphatic heterocycles. The van der Waals surface area contributed by atoms with Gasteiger partial charge in [0, 0.05) is 11.9 Å². The fourth-order valence-electron chi connectivity index (χ4n) is 1.32. The van der Waals surface area contributed by atoms with E-state index in [0.29, 0.717) is 0 Å². The van der Waals surface area contributed by atoms with Gasteiger partial charge in [0.25, 0.3) is 5.91 Å². The number of hydrogen-bond donors (Lipinski definition) is 2. The van der Waals surface area contributed by atoms with Gasteiger partial charge in [-0.3, -0.25) is 4.79 Å². The van der Waals surface area contributed by atoms with Crippen molar-refractivity contribution in [3.05, 3.63) is 16.5 Å². The fraction of sp³-hybridized carbons (Fsp3) is 0.444. The monoisotopic (exact) mass is 316 g/mol. The quantitative estimate of drug-likeness (QED) is 0.879. The Morgan fingerprint density at radius 3 is 2.47 bits per heavy atom. The number of rotatable bonds is 4. The average molecular weight is 316 g/mol. The van der Waals surface area contributed by atoms with Gasteiger partial charge in [0.1, 0.15) is 4.21 Å². The van der Waals surface area contributed by atoms with Gasteiger partial charge in [-0.25, -0.2) is 13.6 Å². The van der Waals surface area contributed by atoms with Crippen LogP contribution >= 0.6 is 11.3 Å². The lowest BCUT2D eigenvalue weighted by atomic mass is 10.2. The zero-order chi connectivity index (χ0) is 14.8. The maximum atomic E-state index is 11.9. The molecule has 10 heteroatoms. The van der Waals surface area contributed by atoms with E-state index in [9.17, 15) is 26.4 Å². The molecule has 0 aliphatic carbocycles. The zero-order valence-electron chi connectivity index (χ0n) is 9.74. The summed E-state index contributed by atoms with van der Waals surface area (Å²) in [7, 11) is -3.93. The number of halogens is 3. The Labute approximate surface area is 111 Å². The molecule has 1 amide bonds. The van der Waals surface area contributed by atoms with Gasteiger partial charge in [-0.05, 0) is 12.5 Å². The van der Waals surface area contributed by atoms with Crippen molar-refractivity contribution in [1.29, 1.82) is 0 Å². The highest BCUT2D eigenvalue weighted by Gasteiger charge is 2.27. The predicted octanol–water partition coefficient (Wildman–Crippen LogP) is 1.39. The maximum absolute atomic E-state index is 11.9. The molecule has 0 bridgehead atoms. The highest BCUT2D eigenvalue weighted by atomic mass is 32.2. The SMILES string of the molecule is Cc1c(C(=O)NCCC(F)(F)F)csc1S(N)(=O)=O. The van der Waals surface area contributed by atoms with E-state index in [0.717, 1.165) is 11.3 Å². The highest BCUT2D eigenvalue weighted by Crippen LogP contribution is 2.25. The van der Waals surface area contributed by atoms with Crippen LogP contribution in [0, 0.1) is 6.92 Å². The van der Waals surface area contributed by atoms with Crippen LogP contribution in [0.5, 0.6) is 0 Å². The number of thiophene rings is 1. The van der Waals surface area contributed by atoms with Gasteiger partial charge in [0.15, 0.2) is 0 Å². The van der Waals surface area contributed by atoms with Gasteiger partial charge in [0.2, 0.25) is 10.0 Å². The molecular formula is C9H11F3N2O3S2. The maximum Gasteiger partial charge on any atom is 0.390 e.